The van der Waals surface area contributed by atoms with E-state index in [-0.39, 0.29) is 11.7 Å². The summed E-state index contributed by atoms with van der Waals surface area (Å²) in [5.41, 5.74) is 1.34. The number of carbonyl (C=O) groups excluding carboxylic acids is 1. The topological polar surface area (TPSA) is 68.6 Å². The largest absolute Gasteiger partial charge is 0.334 e. The molecule has 5 nitrogen and oxygen atoms in total. The quantitative estimate of drug-likeness (QED) is 0.128. The molecule has 234 valence electrons. The molecule has 41 heavy (non-hydrogen) atoms. The smallest absolute Gasteiger partial charge is 0.247 e. The summed E-state index contributed by atoms with van der Waals surface area (Å²) in [7, 11) is 0. The second-order valence-electron chi connectivity index (χ2n) is 14.8. The van der Waals surface area contributed by atoms with E-state index in [4.69, 9.17) is 14.5 Å². The van der Waals surface area contributed by atoms with Gasteiger partial charge in [0, 0.05) is 16.7 Å². The molecule has 2 rings (SSSR count). The van der Waals surface area contributed by atoms with E-state index in [0.29, 0.717) is 29.9 Å². The molecule has 2 aliphatic rings. The number of nitriles is 1. The molecule has 0 aromatic heterocycles. The summed E-state index contributed by atoms with van der Waals surface area (Å²) in [6.45, 7) is 23.1. The van der Waals surface area contributed by atoms with Crippen molar-refractivity contribution >= 4 is 5.78 Å². The zero-order chi connectivity index (χ0) is 31.0. The minimum absolute atomic E-state index is 0.0391. The first-order valence-electron chi connectivity index (χ1n) is 16.5. The molecule has 1 heterocycles. The van der Waals surface area contributed by atoms with E-state index in [1.54, 1.807) is 6.92 Å². The van der Waals surface area contributed by atoms with Crippen LogP contribution >= 0.6 is 0 Å². The number of ketones is 1. The normalized spacial score (nSPS) is 26.3. The van der Waals surface area contributed by atoms with Crippen LogP contribution in [0.5, 0.6) is 0 Å². The van der Waals surface area contributed by atoms with Crippen molar-refractivity contribution in [2.45, 2.75) is 170 Å². The molecule has 1 aliphatic heterocycles. The van der Waals surface area contributed by atoms with Crippen molar-refractivity contribution in [3.05, 3.63) is 22.3 Å². The van der Waals surface area contributed by atoms with Gasteiger partial charge in [0.15, 0.2) is 11.4 Å². The molecule has 0 bridgehead atoms. The van der Waals surface area contributed by atoms with E-state index in [1.807, 2.05) is 20.8 Å². The van der Waals surface area contributed by atoms with Gasteiger partial charge in [0.25, 0.3) is 0 Å². The highest BCUT2D eigenvalue weighted by Crippen LogP contribution is 2.51. The lowest BCUT2D eigenvalue weighted by Gasteiger charge is -2.50. The summed E-state index contributed by atoms with van der Waals surface area (Å²) in [5, 5.41) is 9.92. The van der Waals surface area contributed by atoms with Gasteiger partial charge in [0.1, 0.15) is 6.07 Å². The Hall–Kier alpha value is -1.48. The van der Waals surface area contributed by atoms with Crippen molar-refractivity contribution in [1.29, 1.82) is 5.26 Å². The van der Waals surface area contributed by atoms with Crippen LogP contribution in [0, 0.1) is 35.0 Å². The second-order valence-corrected chi connectivity index (χ2v) is 14.8. The minimum Gasteiger partial charge on any atom is -0.334 e. The van der Waals surface area contributed by atoms with Crippen LogP contribution in [0.2, 0.25) is 0 Å². The molecule has 0 saturated carbocycles. The first kappa shape index (κ1) is 35.7. The lowest BCUT2D eigenvalue weighted by Crippen LogP contribution is -2.54. The summed E-state index contributed by atoms with van der Waals surface area (Å²) in [4.78, 5) is 25.3. The average molecular weight is 572 g/mol. The molecule has 1 saturated heterocycles. The maximum atomic E-state index is 13.0. The van der Waals surface area contributed by atoms with E-state index >= 15 is 0 Å². The molecule has 5 atom stereocenters. The van der Waals surface area contributed by atoms with Gasteiger partial charge in [-0.1, -0.05) is 92.9 Å². The molecule has 1 fully saturated rings. The minimum atomic E-state index is -1.28. The van der Waals surface area contributed by atoms with Crippen molar-refractivity contribution in [2.24, 2.45) is 23.7 Å². The van der Waals surface area contributed by atoms with Crippen LogP contribution in [0.25, 0.3) is 0 Å². The maximum Gasteiger partial charge on any atom is 0.247 e. The Morgan fingerprint density at radius 2 is 1.46 bits per heavy atom. The van der Waals surface area contributed by atoms with Crippen LogP contribution in [0.15, 0.2) is 22.3 Å². The van der Waals surface area contributed by atoms with Gasteiger partial charge >= 0.3 is 0 Å². The van der Waals surface area contributed by atoms with Gasteiger partial charge in [-0.25, -0.2) is 4.89 Å². The molecule has 0 aromatic carbocycles. The predicted octanol–water partition coefficient (Wildman–Crippen LogP) is 10.2. The van der Waals surface area contributed by atoms with Gasteiger partial charge in [-0.2, -0.15) is 10.1 Å². The van der Waals surface area contributed by atoms with E-state index in [1.165, 1.54) is 44.9 Å². The van der Waals surface area contributed by atoms with Crippen molar-refractivity contribution in [3.8, 4) is 6.07 Å². The highest BCUT2D eigenvalue weighted by atomic mass is 17.2. The lowest BCUT2D eigenvalue weighted by molar-refractivity contribution is -0.452. The van der Waals surface area contributed by atoms with Gasteiger partial charge in [0.2, 0.25) is 5.79 Å². The standard InChI is InChI=1S/C36H61NO4/c1-25(2)15-12-16-27(5)17-13-18-28(6)19-14-21-34(10)22-20-32-30(8)33(38)29(7)31(9)36(32,39-34)41-40-35(11,24-37)23-26(3)4/h25-28H,12-23H2,1-11H3/t27-,28-,34-,35+,36-/m1/s1. The summed E-state index contributed by atoms with van der Waals surface area (Å²) in [6.07, 6.45) is 13.2. The van der Waals surface area contributed by atoms with E-state index in [9.17, 15) is 10.1 Å². The number of rotatable bonds is 17. The van der Waals surface area contributed by atoms with Gasteiger partial charge in [-0.3, -0.25) is 4.79 Å². The third-order valence-corrected chi connectivity index (χ3v) is 9.53. The van der Waals surface area contributed by atoms with Crippen LogP contribution < -0.4 is 0 Å². The number of carbonyl (C=O) groups is 1. The monoisotopic (exact) mass is 571 g/mol. The summed E-state index contributed by atoms with van der Waals surface area (Å²) < 4.78 is 6.94. The van der Waals surface area contributed by atoms with Crippen LogP contribution in [0.1, 0.15) is 153 Å². The molecule has 0 N–H and O–H groups in total. The van der Waals surface area contributed by atoms with Crippen LogP contribution in [0.4, 0.5) is 0 Å². The SMILES string of the molecule is CC1=C(C)[C@]2(OO[C@](C)(C#N)CC(C)C)O[C@](C)(CCC[C@H](C)CCC[C@H](C)CCCC(C)C)CCC2=C(C)C1=O. The van der Waals surface area contributed by atoms with E-state index in [0.717, 1.165) is 42.2 Å². The lowest BCUT2D eigenvalue weighted by atomic mass is 9.75. The van der Waals surface area contributed by atoms with Gasteiger partial charge < -0.3 is 4.74 Å². The summed E-state index contributed by atoms with van der Waals surface area (Å²) >= 11 is 0. The fourth-order valence-corrected chi connectivity index (χ4v) is 6.72. The number of nitrogens with zero attached hydrogens (tertiary/aromatic N) is 1. The second kappa shape index (κ2) is 15.3. The summed E-state index contributed by atoms with van der Waals surface area (Å²) in [6, 6.07) is 2.29. The number of Topliss-reactive ketones (excluding diaryl/α,β-unsaturated/α-hetero) is 1. The molecule has 0 spiro atoms. The fraction of sp³-hybridized carbons (Fsp3) is 0.833. The van der Waals surface area contributed by atoms with Crippen molar-refractivity contribution < 1.29 is 19.3 Å². The van der Waals surface area contributed by atoms with Gasteiger partial charge in [-0.15, -0.1) is 0 Å². The molecule has 5 heteroatoms. The third-order valence-electron chi connectivity index (χ3n) is 9.53. The number of fused-ring (bicyclic) bond motifs is 1. The average Bonchev–Trinajstić information content (AvgIpc) is 2.89. The highest BCUT2D eigenvalue weighted by Gasteiger charge is 2.54. The van der Waals surface area contributed by atoms with Crippen molar-refractivity contribution in [1.82, 2.24) is 0 Å². The zero-order valence-electron chi connectivity index (χ0n) is 28.4. The Labute approximate surface area is 252 Å². The molecule has 1 aliphatic carbocycles. The Morgan fingerprint density at radius 1 is 0.902 bits per heavy atom. The highest BCUT2D eigenvalue weighted by molar-refractivity contribution is 6.10. The van der Waals surface area contributed by atoms with E-state index in [2.05, 4.69) is 54.5 Å². The molecular weight excluding hydrogens is 510 g/mol. The Morgan fingerprint density at radius 3 is 2.00 bits per heavy atom. The zero-order valence-corrected chi connectivity index (χ0v) is 28.4. The Kier molecular flexibility index (Phi) is 13.3. The van der Waals surface area contributed by atoms with Crippen LogP contribution in [-0.2, 0) is 19.3 Å². The number of allylic oxidation sites excluding steroid dienone is 2. The number of hydrogen-bond acceptors (Lipinski definition) is 5. The first-order valence-corrected chi connectivity index (χ1v) is 16.5. The van der Waals surface area contributed by atoms with Crippen LogP contribution in [-0.4, -0.2) is 22.8 Å². The van der Waals surface area contributed by atoms with Crippen LogP contribution in [0.3, 0.4) is 0 Å². The number of hydrogen-bond donors (Lipinski definition) is 0. The predicted molar refractivity (Wildman–Crippen MR) is 168 cm³/mol. The molecule has 0 amide bonds. The summed E-state index contributed by atoms with van der Waals surface area (Å²) in [5.74, 6) is 1.35. The van der Waals surface area contributed by atoms with E-state index < -0.39 is 17.0 Å². The van der Waals surface area contributed by atoms with Crippen molar-refractivity contribution in [3.63, 3.8) is 0 Å². The third kappa shape index (κ3) is 9.77. The Bertz CT molecular complexity index is 988. The van der Waals surface area contributed by atoms with Gasteiger partial charge in [-0.05, 0) is 89.5 Å². The maximum absolute atomic E-state index is 13.0. The van der Waals surface area contributed by atoms with Crippen molar-refractivity contribution in [2.75, 3.05) is 0 Å². The fourth-order valence-electron chi connectivity index (χ4n) is 6.72. The molecule has 0 aromatic rings. The Balaban J connectivity index is 2.05. The molecule has 0 radical (unpaired) electrons. The number of ether oxygens (including phenoxy) is 1. The molecular formula is C36H61NO4. The molecule has 0 unspecified atom stereocenters. The first-order chi connectivity index (χ1) is 19.1. The van der Waals surface area contributed by atoms with Gasteiger partial charge in [0.05, 0.1) is 5.60 Å².